The van der Waals surface area contributed by atoms with Crippen LogP contribution in [-0.2, 0) is 22.5 Å². The number of benzene rings is 1. The van der Waals surface area contributed by atoms with E-state index in [1.54, 1.807) is 17.6 Å². The van der Waals surface area contributed by atoms with E-state index in [1.165, 1.54) is 12.1 Å². The van der Waals surface area contributed by atoms with Crippen LogP contribution < -0.4 is 0 Å². The minimum Gasteiger partial charge on any atom is -0.481 e. The first-order valence-corrected chi connectivity index (χ1v) is 6.69. The van der Waals surface area contributed by atoms with E-state index in [2.05, 4.69) is 0 Å². The summed E-state index contributed by atoms with van der Waals surface area (Å²) in [5, 5.41) is 9.49. The predicted octanol–water partition coefficient (Wildman–Crippen LogP) is 2.60. The van der Waals surface area contributed by atoms with Crippen molar-refractivity contribution < 1.29 is 23.8 Å². The summed E-state index contributed by atoms with van der Waals surface area (Å²) in [6, 6.07) is 4.08. The molecule has 0 spiro atoms. The van der Waals surface area contributed by atoms with Gasteiger partial charge in [-0.3, -0.25) is 4.79 Å². The smallest absolute Gasteiger partial charge is 0.355 e. The van der Waals surface area contributed by atoms with E-state index in [0.717, 1.165) is 0 Å². The van der Waals surface area contributed by atoms with Crippen LogP contribution in [0.3, 0.4) is 0 Å². The number of carbonyl (C=O) groups excluding carboxylic acids is 1. The molecule has 0 saturated heterocycles. The van der Waals surface area contributed by atoms with E-state index < -0.39 is 17.8 Å². The zero-order valence-electron chi connectivity index (χ0n) is 11.9. The third-order valence-corrected chi connectivity index (χ3v) is 3.24. The van der Waals surface area contributed by atoms with Gasteiger partial charge in [0.15, 0.2) is 0 Å². The van der Waals surface area contributed by atoms with Gasteiger partial charge < -0.3 is 14.4 Å². The second-order valence-corrected chi connectivity index (χ2v) is 4.52. The number of ether oxygens (including phenoxy) is 1. The molecule has 6 heteroatoms. The van der Waals surface area contributed by atoms with Gasteiger partial charge in [-0.05, 0) is 32.0 Å². The molecule has 21 heavy (non-hydrogen) atoms. The molecular formula is C15H16FNO4. The van der Waals surface area contributed by atoms with Crippen LogP contribution in [0, 0.1) is 5.82 Å². The maximum absolute atomic E-state index is 13.5. The number of hydrogen-bond acceptors (Lipinski definition) is 3. The average Bonchev–Trinajstić information content (AvgIpc) is 2.71. The SMILES string of the molecule is CCOC(=O)c1c(CC(=O)O)c2cc(F)ccc2n1CC. The lowest BCUT2D eigenvalue weighted by Crippen LogP contribution is -2.15. The normalized spacial score (nSPS) is 10.8. The molecule has 0 aliphatic rings. The van der Waals surface area contributed by atoms with Gasteiger partial charge in [0, 0.05) is 23.0 Å². The number of rotatable bonds is 5. The summed E-state index contributed by atoms with van der Waals surface area (Å²) >= 11 is 0. The molecule has 0 aliphatic heterocycles. The van der Waals surface area contributed by atoms with Gasteiger partial charge in [-0.1, -0.05) is 0 Å². The fourth-order valence-electron chi connectivity index (χ4n) is 2.49. The van der Waals surface area contributed by atoms with Crippen LogP contribution >= 0.6 is 0 Å². The molecule has 112 valence electrons. The minimum absolute atomic E-state index is 0.183. The molecule has 1 aromatic carbocycles. The quantitative estimate of drug-likeness (QED) is 0.860. The predicted molar refractivity (Wildman–Crippen MR) is 74.9 cm³/mol. The molecule has 0 aliphatic carbocycles. The highest BCUT2D eigenvalue weighted by Gasteiger charge is 2.24. The van der Waals surface area contributed by atoms with Gasteiger partial charge >= 0.3 is 11.9 Å². The van der Waals surface area contributed by atoms with Crippen molar-refractivity contribution in [1.82, 2.24) is 4.57 Å². The standard InChI is InChI=1S/C15H16FNO4/c1-3-17-12-6-5-9(16)7-10(12)11(8-13(18)19)14(17)15(20)21-4-2/h5-7H,3-4,8H2,1-2H3,(H,18,19). The number of halogens is 1. The molecule has 5 nitrogen and oxygen atoms in total. The van der Waals surface area contributed by atoms with Crippen LogP contribution in [-0.4, -0.2) is 28.2 Å². The molecule has 0 amide bonds. The lowest BCUT2D eigenvalue weighted by atomic mass is 10.1. The Hall–Kier alpha value is -2.37. The van der Waals surface area contributed by atoms with Gasteiger partial charge in [0.1, 0.15) is 11.5 Å². The summed E-state index contributed by atoms with van der Waals surface area (Å²) in [5.41, 5.74) is 1.10. The van der Waals surface area contributed by atoms with Gasteiger partial charge in [-0.25, -0.2) is 9.18 Å². The summed E-state index contributed by atoms with van der Waals surface area (Å²) < 4.78 is 20.1. The van der Waals surface area contributed by atoms with Crippen LogP contribution in [0.15, 0.2) is 18.2 Å². The third-order valence-electron chi connectivity index (χ3n) is 3.24. The molecule has 2 rings (SSSR count). The van der Waals surface area contributed by atoms with Crippen molar-refractivity contribution in [2.75, 3.05) is 6.61 Å². The number of nitrogens with zero attached hydrogens (tertiary/aromatic N) is 1. The van der Waals surface area contributed by atoms with E-state index in [4.69, 9.17) is 9.84 Å². The summed E-state index contributed by atoms with van der Waals surface area (Å²) in [6.07, 6.45) is -0.360. The van der Waals surface area contributed by atoms with Crippen molar-refractivity contribution in [2.24, 2.45) is 0 Å². The van der Waals surface area contributed by atoms with E-state index in [9.17, 15) is 14.0 Å². The Morgan fingerprint density at radius 2 is 2.05 bits per heavy atom. The molecule has 0 bridgehead atoms. The van der Waals surface area contributed by atoms with Crippen LogP contribution in [0.4, 0.5) is 4.39 Å². The molecule has 1 aromatic heterocycles. The Balaban J connectivity index is 2.78. The third kappa shape index (κ3) is 2.74. The van der Waals surface area contributed by atoms with E-state index in [1.807, 2.05) is 6.92 Å². The maximum atomic E-state index is 13.5. The van der Waals surface area contributed by atoms with Crippen LogP contribution in [0.25, 0.3) is 10.9 Å². The second-order valence-electron chi connectivity index (χ2n) is 4.52. The highest BCUT2D eigenvalue weighted by Crippen LogP contribution is 2.28. The molecule has 0 unspecified atom stereocenters. The summed E-state index contributed by atoms with van der Waals surface area (Å²) in [4.78, 5) is 23.2. The largest absolute Gasteiger partial charge is 0.481 e. The lowest BCUT2D eigenvalue weighted by molar-refractivity contribution is -0.136. The van der Waals surface area contributed by atoms with E-state index >= 15 is 0 Å². The monoisotopic (exact) mass is 293 g/mol. The Labute approximate surface area is 120 Å². The Kier molecular flexibility index (Phi) is 4.26. The van der Waals surface area contributed by atoms with Gasteiger partial charge in [-0.15, -0.1) is 0 Å². The molecule has 2 aromatic rings. The zero-order chi connectivity index (χ0) is 15.6. The van der Waals surface area contributed by atoms with E-state index in [0.29, 0.717) is 17.4 Å². The minimum atomic E-state index is -1.08. The van der Waals surface area contributed by atoms with Crippen molar-refractivity contribution in [3.05, 3.63) is 35.3 Å². The van der Waals surface area contributed by atoms with Gasteiger partial charge in [0.25, 0.3) is 0 Å². The van der Waals surface area contributed by atoms with Gasteiger partial charge in [-0.2, -0.15) is 0 Å². The number of aryl methyl sites for hydroxylation is 1. The highest BCUT2D eigenvalue weighted by atomic mass is 19.1. The highest BCUT2D eigenvalue weighted by molar-refractivity contribution is 6.01. The molecule has 1 heterocycles. The van der Waals surface area contributed by atoms with Crippen molar-refractivity contribution in [3.63, 3.8) is 0 Å². The summed E-state index contributed by atoms with van der Waals surface area (Å²) in [5.74, 6) is -2.15. The number of fused-ring (bicyclic) bond motifs is 1. The fourth-order valence-corrected chi connectivity index (χ4v) is 2.49. The zero-order valence-corrected chi connectivity index (χ0v) is 11.9. The first-order valence-electron chi connectivity index (χ1n) is 6.69. The molecule has 0 atom stereocenters. The fraction of sp³-hybridized carbons (Fsp3) is 0.333. The van der Waals surface area contributed by atoms with Crippen LogP contribution in [0.5, 0.6) is 0 Å². The number of carboxylic acids is 1. The van der Waals surface area contributed by atoms with Crippen LogP contribution in [0.1, 0.15) is 29.9 Å². The average molecular weight is 293 g/mol. The summed E-state index contributed by atoms with van der Waals surface area (Å²) in [7, 11) is 0. The summed E-state index contributed by atoms with van der Waals surface area (Å²) in [6.45, 7) is 4.14. The Bertz CT molecular complexity index is 705. The van der Waals surface area contributed by atoms with E-state index in [-0.39, 0.29) is 24.3 Å². The number of esters is 1. The maximum Gasteiger partial charge on any atom is 0.355 e. The topological polar surface area (TPSA) is 68.5 Å². The van der Waals surface area contributed by atoms with Crippen molar-refractivity contribution in [1.29, 1.82) is 0 Å². The Morgan fingerprint density at radius 1 is 1.33 bits per heavy atom. The molecular weight excluding hydrogens is 277 g/mol. The van der Waals surface area contributed by atoms with Crippen molar-refractivity contribution in [3.8, 4) is 0 Å². The molecule has 0 saturated carbocycles. The molecule has 1 N–H and O–H groups in total. The van der Waals surface area contributed by atoms with Crippen LogP contribution in [0.2, 0.25) is 0 Å². The molecule has 0 radical (unpaired) electrons. The van der Waals surface area contributed by atoms with Crippen molar-refractivity contribution in [2.45, 2.75) is 26.8 Å². The first kappa shape index (κ1) is 15.0. The van der Waals surface area contributed by atoms with Gasteiger partial charge in [0.05, 0.1) is 13.0 Å². The second kappa shape index (κ2) is 5.95. The van der Waals surface area contributed by atoms with Crippen molar-refractivity contribution >= 4 is 22.8 Å². The lowest BCUT2D eigenvalue weighted by Gasteiger charge is -2.08. The Morgan fingerprint density at radius 3 is 2.62 bits per heavy atom. The number of aromatic nitrogens is 1. The molecule has 0 fully saturated rings. The number of carboxylic acid groups (broad SMARTS) is 1. The number of hydrogen-bond donors (Lipinski definition) is 1. The number of carbonyl (C=O) groups is 2. The first-order chi connectivity index (χ1) is 9.99. The number of aliphatic carboxylic acids is 1. The van der Waals surface area contributed by atoms with Gasteiger partial charge in [0.2, 0.25) is 0 Å².